The Balaban J connectivity index is 1.96. The molecular formula is C14H16BrNO4. The lowest BCUT2D eigenvalue weighted by Gasteiger charge is -2.21. The SMILES string of the molecule is NCC(C(=O)O)c1cc2c(cc1Br)OC1(CCCC1)O2. The van der Waals surface area contributed by atoms with E-state index >= 15 is 0 Å². The number of aliphatic carboxylic acids is 1. The molecule has 0 aromatic heterocycles. The molecule has 1 heterocycles. The van der Waals surface area contributed by atoms with Crippen molar-refractivity contribution in [3.05, 3.63) is 22.2 Å². The Labute approximate surface area is 125 Å². The van der Waals surface area contributed by atoms with E-state index in [0.717, 1.165) is 25.7 Å². The van der Waals surface area contributed by atoms with E-state index in [0.29, 0.717) is 21.5 Å². The van der Waals surface area contributed by atoms with Gasteiger partial charge in [-0.25, -0.2) is 0 Å². The molecule has 6 heteroatoms. The van der Waals surface area contributed by atoms with E-state index in [-0.39, 0.29) is 6.54 Å². The van der Waals surface area contributed by atoms with Crippen molar-refractivity contribution in [2.24, 2.45) is 5.73 Å². The van der Waals surface area contributed by atoms with E-state index < -0.39 is 17.7 Å². The quantitative estimate of drug-likeness (QED) is 0.882. The zero-order valence-corrected chi connectivity index (χ0v) is 12.5. The monoisotopic (exact) mass is 341 g/mol. The minimum Gasteiger partial charge on any atom is -0.481 e. The molecule has 1 saturated carbocycles. The van der Waals surface area contributed by atoms with Gasteiger partial charge in [0.15, 0.2) is 11.5 Å². The minimum atomic E-state index is -0.942. The Morgan fingerprint density at radius 2 is 1.95 bits per heavy atom. The van der Waals surface area contributed by atoms with E-state index in [2.05, 4.69) is 15.9 Å². The number of ether oxygens (including phenoxy) is 2. The summed E-state index contributed by atoms with van der Waals surface area (Å²) in [4.78, 5) is 11.3. The van der Waals surface area contributed by atoms with Gasteiger partial charge in [-0.15, -0.1) is 0 Å². The minimum absolute atomic E-state index is 0.0404. The summed E-state index contributed by atoms with van der Waals surface area (Å²) in [5, 5.41) is 9.23. The third-order valence-corrected chi connectivity index (χ3v) is 4.62. The number of carboxylic acid groups (broad SMARTS) is 1. The molecule has 20 heavy (non-hydrogen) atoms. The van der Waals surface area contributed by atoms with Crippen molar-refractivity contribution in [1.82, 2.24) is 0 Å². The smallest absolute Gasteiger partial charge is 0.312 e. The molecule has 2 aliphatic rings. The van der Waals surface area contributed by atoms with Crippen molar-refractivity contribution in [2.45, 2.75) is 37.4 Å². The standard InChI is InChI=1S/C14H16BrNO4/c15-10-6-12-11(5-8(10)9(7-16)13(17)18)19-14(20-12)3-1-2-4-14/h5-6,9H,1-4,7,16H2,(H,17,18). The van der Waals surface area contributed by atoms with Crippen LogP contribution in [0.1, 0.15) is 37.2 Å². The number of rotatable bonds is 3. The van der Waals surface area contributed by atoms with Crippen LogP contribution >= 0.6 is 15.9 Å². The topological polar surface area (TPSA) is 81.8 Å². The molecule has 1 aromatic carbocycles. The molecule has 0 amide bonds. The molecule has 1 aliphatic heterocycles. The van der Waals surface area contributed by atoms with Gasteiger partial charge in [-0.1, -0.05) is 15.9 Å². The third kappa shape index (κ3) is 2.16. The Morgan fingerprint density at radius 1 is 1.35 bits per heavy atom. The van der Waals surface area contributed by atoms with Crippen molar-refractivity contribution in [2.75, 3.05) is 6.54 Å². The number of hydrogen-bond donors (Lipinski definition) is 2. The van der Waals surface area contributed by atoms with E-state index in [9.17, 15) is 9.90 Å². The number of carbonyl (C=O) groups is 1. The van der Waals surface area contributed by atoms with Gasteiger partial charge < -0.3 is 20.3 Å². The molecular weight excluding hydrogens is 326 g/mol. The van der Waals surface area contributed by atoms with Crippen LogP contribution in [0.4, 0.5) is 0 Å². The van der Waals surface area contributed by atoms with E-state index in [4.69, 9.17) is 15.2 Å². The summed E-state index contributed by atoms with van der Waals surface area (Å²) in [5.41, 5.74) is 6.18. The zero-order valence-electron chi connectivity index (χ0n) is 10.9. The third-order valence-electron chi connectivity index (χ3n) is 3.93. The maximum atomic E-state index is 11.3. The van der Waals surface area contributed by atoms with Gasteiger partial charge in [0.1, 0.15) is 0 Å². The second kappa shape index (κ2) is 4.93. The number of halogens is 1. The molecule has 1 unspecified atom stereocenters. The first-order valence-electron chi connectivity index (χ1n) is 6.69. The first-order valence-corrected chi connectivity index (χ1v) is 7.48. The molecule has 5 nitrogen and oxygen atoms in total. The van der Waals surface area contributed by atoms with E-state index in [1.807, 2.05) is 0 Å². The van der Waals surface area contributed by atoms with Crippen LogP contribution in [-0.4, -0.2) is 23.4 Å². The second-order valence-corrected chi connectivity index (χ2v) is 6.12. The molecule has 0 bridgehead atoms. The fourth-order valence-corrected chi connectivity index (χ4v) is 3.48. The summed E-state index contributed by atoms with van der Waals surface area (Å²) >= 11 is 3.40. The largest absolute Gasteiger partial charge is 0.481 e. The highest BCUT2D eigenvalue weighted by molar-refractivity contribution is 9.10. The van der Waals surface area contributed by atoms with Gasteiger partial charge in [0.05, 0.1) is 5.92 Å². The second-order valence-electron chi connectivity index (χ2n) is 5.27. The summed E-state index contributed by atoms with van der Waals surface area (Å²) in [6.45, 7) is 0.0404. The van der Waals surface area contributed by atoms with Gasteiger partial charge >= 0.3 is 5.97 Å². The molecule has 1 fully saturated rings. The van der Waals surface area contributed by atoms with Crippen molar-refractivity contribution in [3.8, 4) is 11.5 Å². The lowest BCUT2D eigenvalue weighted by atomic mass is 9.99. The molecule has 0 radical (unpaired) electrons. The van der Waals surface area contributed by atoms with E-state index in [1.54, 1.807) is 12.1 Å². The Kier molecular flexibility index (Phi) is 3.38. The number of carboxylic acids is 1. The van der Waals surface area contributed by atoms with Crippen LogP contribution in [0.5, 0.6) is 11.5 Å². The van der Waals surface area contributed by atoms with Crippen LogP contribution in [-0.2, 0) is 4.79 Å². The van der Waals surface area contributed by atoms with Gasteiger partial charge in [-0.3, -0.25) is 4.79 Å². The van der Waals surface area contributed by atoms with Crippen LogP contribution < -0.4 is 15.2 Å². The van der Waals surface area contributed by atoms with Gasteiger partial charge in [0, 0.05) is 23.9 Å². The van der Waals surface area contributed by atoms with Crippen LogP contribution in [0.15, 0.2) is 16.6 Å². The van der Waals surface area contributed by atoms with Gasteiger partial charge in [-0.2, -0.15) is 0 Å². The first kappa shape index (κ1) is 13.7. The number of fused-ring (bicyclic) bond motifs is 1. The summed E-state index contributed by atoms with van der Waals surface area (Å²) in [5.74, 6) is -0.948. The van der Waals surface area contributed by atoms with Gasteiger partial charge in [-0.05, 0) is 30.5 Å². The number of benzene rings is 1. The van der Waals surface area contributed by atoms with Crippen molar-refractivity contribution >= 4 is 21.9 Å². The molecule has 0 saturated heterocycles. The van der Waals surface area contributed by atoms with Crippen molar-refractivity contribution < 1.29 is 19.4 Å². The summed E-state index contributed by atoms with van der Waals surface area (Å²) < 4.78 is 12.6. The molecule has 108 valence electrons. The highest BCUT2D eigenvalue weighted by atomic mass is 79.9. The first-order chi connectivity index (χ1) is 9.54. The van der Waals surface area contributed by atoms with Crippen LogP contribution in [0, 0.1) is 0 Å². The molecule has 1 aromatic rings. The number of hydrogen-bond acceptors (Lipinski definition) is 4. The van der Waals surface area contributed by atoms with Crippen molar-refractivity contribution in [3.63, 3.8) is 0 Å². The van der Waals surface area contributed by atoms with Gasteiger partial charge in [0.2, 0.25) is 0 Å². The molecule has 3 N–H and O–H groups in total. The highest BCUT2D eigenvalue weighted by Gasteiger charge is 2.44. The summed E-state index contributed by atoms with van der Waals surface area (Å²) in [7, 11) is 0. The Bertz CT molecular complexity index is 554. The predicted molar refractivity (Wildman–Crippen MR) is 76.0 cm³/mol. The predicted octanol–water partition coefficient (Wildman–Crippen LogP) is 2.62. The van der Waals surface area contributed by atoms with Crippen LogP contribution in [0.3, 0.4) is 0 Å². The van der Waals surface area contributed by atoms with Crippen LogP contribution in [0.2, 0.25) is 0 Å². The maximum absolute atomic E-state index is 11.3. The van der Waals surface area contributed by atoms with Crippen molar-refractivity contribution in [1.29, 1.82) is 0 Å². The lowest BCUT2D eigenvalue weighted by Crippen LogP contribution is -2.34. The lowest BCUT2D eigenvalue weighted by molar-refractivity contribution is -0.138. The van der Waals surface area contributed by atoms with E-state index in [1.165, 1.54) is 0 Å². The molecule has 1 aliphatic carbocycles. The number of nitrogens with two attached hydrogens (primary N) is 1. The fourth-order valence-electron chi connectivity index (χ4n) is 2.88. The Hall–Kier alpha value is -1.27. The molecule has 3 rings (SSSR count). The highest BCUT2D eigenvalue weighted by Crippen LogP contribution is 2.49. The summed E-state index contributed by atoms with van der Waals surface area (Å²) in [6, 6.07) is 3.52. The molecule has 1 atom stereocenters. The fraction of sp³-hybridized carbons (Fsp3) is 0.500. The van der Waals surface area contributed by atoms with Crippen LogP contribution in [0.25, 0.3) is 0 Å². The Morgan fingerprint density at radius 3 is 2.50 bits per heavy atom. The normalized spacial score (nSPS) is 20.3. The average molecular weight is 342 g/mol. The summed E-state index contributed by atoms with van der Waals surface area (Å²) in [6.07, 6.45) is 3.91. The van der Waals surface area contributed by atoms with Gasteiger partial charge in [0.25, 0.3) is 5.79 Å². The molecule has 1 spiro atoms. The maximum Gasteiger partial charge on any atom is 0.312 e. The zero-order chi connectivity index (χ0) is 14.3. The average Bonchev–Trinajstić information content (AvgIpc) is 2.97.